The minimum absolute atomic E-state index is 0.808. The molecule has 0 unspecified atom stereocenters. The molecule has 4 heteroatoms. The SMILES string of the molecule is CCOCCNCCN(C)CCc1cccs1. The second-order valence-corrected chi connectivity index (χ2v) is 5.11. The van der Waals surface area contributed by atoms with Gasteiger partial charge in [0.2, 0.25) is 0 Å². The van der Waals surface area contributed by atoms with Crippen molar-refractivity contribution in [3.63, 3.8) is 0 Å². The smallest absolute Gasteiger partial charge is 0.0590 e. The van der Waals surface area contributed by atoms with E-state index in [9.17, 15) is 0 Å². The van der Waals surface area contributed by atoms with Gasteiger partial charge in [-0.15, -0.1) is 11.3 Å². The number of nitrogens with one attached hydrogen (secondary N) is 1. The molecule has 1 aromatic rings. The molecule has 0 spiro atoms. The molecule has 1 N–H and O–H groups in total. The lowest BCUT2D eigenvalue weighted by atomic mass is 10.3. The van der Waals surface area contributed by atoms with E-state index in [1.807, 2.05) is 18.3 Å². The fourth-order valence-corrected chi connectivity index (χ4v) is 2.25. The average molecular weight is 256 g/mol. The fraction of sp³-hybridized carbons (Fsp3) is 0.692. The summed E-state index contributed by atoms with van der Waals surface area (Å²) in [6.45, 7) is 7.86. The van der Waals surface area contributed by atoms with E-state index in [4.69, 9.17) is 4.74 Å². The molecule has 0 aliphatic carbocycles. The summed E-state index contributed by atoms with van der Waals surface area (Å²) < 4.78 is 5.26. The summed E-state index contributed by atoms with van der Waals surface area (Å²) >= 11 is 1.84. The maximum atomic E-state index is 5.26. The lowest BCUT2D eigenvalue weighted by molar-refractivity contribution is 0.148. The molecule has 0 bridgehead atoms. The first-order chi connectivity index (χ1) is 8.33. The van der Waals surface area contributed by atoms with Gasteiger partial charge in [-0.1, -0.05) is 6.07 Å². The molecular formula is C13H24N2OS. The zero-order chi connectivity index (χ0) is 12.3. The zero-order valence-electron chi connectivity index (χ0n) is 10.9. The van der Waals surface area contributed by atoms with Gasteiger partial charge in [0.15, 0.2) is 0 Å². The normalized spacial score (nSPS) is 11.2. The van der Waals surface area contributed by atoms with Gasteiger partial charge < -0.3 is 15.0 Å². The van der Waals surface area contributed by atoms with Crippen molar-refractivity contribution in [3.05, 3.63) is 22.4 Å². The summed E-state index contributed by atoms with van der Waals surface area (Å²) in [5.41, 5.74) is 0. The van der Waals surface area contributed by atoms with Gasteiger partial charge in [-0.05, 0) is 31.8 Å². The van der Waals surface area contributed by atoms with Crippen LogP contribution in [0.2, 0.25) is 0 Å². The van der Waals surface area contributed by atoms with Crippen molar-refractivity contribution < 1.29 is 4.74 Å². The maximum Gasteiger partial charge on any atom is 0.0590 e. The van der Waals surface area contributed by atoms with E-state index in [0.717, 1.165) is 45.8 Å². The van der Waals surface area contributed by atoms with Gasteiger partial charge >= 0.3 is 0 Å². The topological polar surface area (TPSA) is 24.5 Å². The summed E-state index contributed by atoms with van der Waals surface area (Å²) in [4.78, 5) is 3.84. The van der Waals surface area contributed by atoms with Crippen LogP contribution >= 0.6 is 11.3 Å². The van der Waals surface area contributed by atoms with Gasteiger partial charge in [0.1, 0.15) is 0 Å². The van der Waals surface area contributed by atoms with Crippen LogP contribution in [0.25, 0.3) is 0 Å². The number of thiophene rings is 1. The van der Waals surface area contributed by atoms with Crippen LogP contribution in [0, 0.1) is 0 Å². The Balaban J connectivity index is 1.92. The summed E-state index contributed by atoms with van der Waals surface area (Å²) in [7, 11) is 2.18. The third-order valence-electron chi connectivity index (χ3n) is 2.62. The largest absolute Gasteiger partial charge is 0.380 e. The average Bonchev–Trinajstić information content (AvgIpc) is 2.84. The van der Waals surface area contributed by atoms with Crippen LogP contribution in [0.1, 0.15) is 11.8 Å². The first kappa shape index (κ1) is 14.6. The van der Waals surface area contributed by atoms with Crippen molar-refractivity contribution in [1.82, 2.24) is 10.2 Å². The summed E-state index contributed by atoms with van der Waals surface area (Å²) in [6, 6.07) is 4.33. The number of hydrogen-bond donors (Lipinski definition) is 1. The molecule has 0 saturated carbocycles. The Morgan fingerprint density at radius 3 is 2.94 bits per heavy atom. The summed E-state index contributed by atoms with van der Waals surface area (Å²) in [5.74, 6) is 0. The fourth-order valence-electron chi connectivity index (χ4n) is 1.55. The van der Waals surface area contributed by atoms with E-state index in [1.165, 1.54) is 4.88 Å². The molecule has 17 heavy (non-hydrogen) atoms. The number of ether oxygens (including phenoxy) is 1. The highest BCUT2D eigenvalue weighted by Gasteiger charge is 1.99. The van der Waals surface area contributed by atoms with E-state index in [1.54, 1.807) is 0 Å². The van der Waals surface area contributed by atoms with E-state index in [2.05, 4.69) is 34.8 Å². The maximum absolute atomic E-state index is 5.26. The predicted octanol–water partition coefficient (Wildman–Crippen LogP) is 1.85. The second-order valence-electron chi connectivity index (χ2n) is 4.08. The Morgan fingerprint density at radius 2 is 2.24 bits per heavy atom. The Hall–Kier alpha value is -0.420. The number of rotatable bonds is 10. The molecule has 1 aromatic heterocycles. The molecule has 0 aliphatic rings. The predicted molar refractivity (Wildman–Crippen MR) is 74.9 cm³/mol. The first-order valence-electron chi connectivity index (χ1n) is 6.32. The van der Waals surface area contributed by atoms with Gasteiger partial charge in [0.25, 0.3) is 0 Å². The number of nitrogens with zero attached hydrogens (tertiary/aromatic N) is 1. The molecule has 0 amide bonds. The Morgan fingerprint density at radius 1 is 1.35 bits per heavy atom. The number of hydrogen-bond acceptors (Lipinski definition) is 4. The first-order valence-corrected chi connectivity index (χ1v) is 7.20. The quantitative estimate of drug-likeness (QED) is 0.647. The molecule has 3 nitrogen and oxygen atoms in total. The van der Waals surface area contributed by atoms with E-state index in [-0.39, 0.29) is 0 Å². The minimum atomic E-state index is 0.808. The highest BCUT2D eigenvalue weighted by molar-refractivity contribution is 7.09. The van der Waals surface area contributed by atoms with Crippen LogP contribution in [0.5, 0.6) is 0 Å². The van der Waals surface area contributed by atoms with Crippen molar-refractivity contribution in [2.75, 3.05) is 46.4 Å². The zero-order valence-corrected chi connectivity index (χ0v) is 11.8. The van der Waals surface area contributed by atoms with Crippen molar-refractivity contribution in [3.8, 4) is 0 Å². The van der Waals surface area contributed by atoms with Gasteiger partial charge in [-0.25, -0.2) is 0 Å². The molecule has 98 valence electrons. The van der Waals surface area contributed by atoms with E-state index in [0.29, 0.717) is 0 Å². The van der Waals surface area contributed by atoms with Gasteiger partial charge in [0.05, 0.1) is 6.61 Å². The second kappa shape index (κ2) is 9.59. The molecule has 0 atom stereocenters. The highest BCUT2D eigenvalue weighted by Crippen LogP contribution is 2.09. The van der Waals surface area contributed by atoms with Crippen LogP contribution < -0.4 is 5.32 Å². The lowest BCUT2D eigenvalue weighted by Gasteiger charge is -2.16. The van der Waals surface area contributed by atoms with Crippen molar-refractivity contribution in [1.29, 1.82) is 0 Å². The Labute approximate surface area is 109 Å². The van der Waals surface area contributed by atoms with Crippen LogP contribution in [0.4, 0.5) is 0 Å². The molecule has 1 rings (SSSR count). The molecule has 0 radical (unpaired) electrons. The van der Waals surface area contributed by atoms with Crippen LogP contribution in [-0.2, 0) is 11.2 Å². The van der Waals surface area contributed by atoms with Crippen LogP contribution in [-0.4, -0.2) is 51.3 Å². The third kappa shape index (κ3) is 7.49. The Bertz CT molecular complexity index is 264. The van der Waals surface area contributed by atoms with Crippen molar-refractivity contribution in [2.24, 2.45) is 0 Å². The minimum Gasteiger partial charge on any atom is -0.380 e. The third-order valence-corrected chi connectivity index (χ3v) is 3.55. The molecule has 0 fully saturated rings. The molecule has 0 aliphatic heterocycles. The van der Waals surface area contributed by atoms with Gasteiger partial charge in [-0.2, -0.15) is 0 Å². The number of likely N-dealkylation sites (N-methyl/N-ethyl adjacent to an activating group) is 1. The summed E-state index contributed by atoms with van der Waals surface area (Å²) in [6.07, 6.45) is 1.16. The van der Waals surface area contributed by atoms with Gasteiger partial charge in [0, 0.05) is 37.7 Å². The monoisotopic (exact) mass is 256 g/mol. The van der Waals surface area contributed by atoms with Crippen molar-refractivity contribution in [2.45, 2.75) is 13.3 Å². The van der Waals surface area contributed by atoms with E-state index >= 15 is 0 Å². The Kier molecular flexibility index (Phi) is 8.26. The molecule has 1 heterocycles. The molecule has 0 saturated heterocycles. The van der Waals surface area contributed by atoms with E-state index < -0.39 is 0 Å². The summed E-state index contributed by atoms with van der Waals surface area (Å²) in [5, 5.41) is 5.52. The highest BCUT2D eigenvalue weighted by atomic mass is 32.1. The van der Waals surface area contributed by atoms with Crippen LogP contribution in [0.15, 0.2) is 17.5 Å². The van der Waals surface area contributed by atoms with Crippen LogP contribution in [0.3, 0.4) is 0 Å². The van der Waals surface area contributed by atoms with Gasteiger partial charge in [-0.3, -0.25) is 0 Å². The molecular weight excluding hydrogens is 232 g/mol. The molecule has 0 aromatic carbocycles. The van der Waals surface area contributed by atoms with Crippen molar-refractivity contribution >= 4 is 11.3 Å². The lowest BCUT2D eigenvalue weighted by Crippen LogP contribution is -2.32. The standard InChI is InChI=1S/C13H24N2OS/c1-3-16-11-8-14-7-10-15(2)9-6-13-5-4-12-17-13/h4-5,12,14H,3,6-11H2,1-2H3.